The van der Waals surface area contributed by atoms with Crippen LogP contribution in [0, 0.1) is 0 Å². The summed E-state index contributed by atoms with van der Waals surface area (Å²) in [7, 11) is 3.94. The van der Waals surface area contributed by atoms with Gasteiger partial charge in [0.25, 0.3) is 0 Å². The van der Waals surface area contributed by atoms with Crippen LogP contribution in [0.2, 0.25) is 5.02 Å². The molecule has 1 atom stereocenters. The Morgan fingerprint density at radius 2 is 2.04 bits per heavy atom. The molecule has 0 unspecified atom stereocenters. The van der Waals surface area contributed by atoms with Crippen molar-refractivity contribution in [3.8, 4) is 11.5 Å². The molecule has 5 rings (SSSR count). The Morgan fingerprint density at radius 3 is 2.82 bits per heavy atom. The Bertz CT molecular complexity index is 937. The molecule has 5 nitrogen and oxygen atoms in total. The van der Waals surface area contributed by atoms with Crippen molar-refractivity contribution < 1.29 is 14.4 Å². The van der Waals surface area contributed by atoms with Gasteiger partial charge in [0.2, 0.25) is 5.72 Å². The number of nitrogens with zero attached hydrogens (tertiary/aromatic N) is 2. The number of nitrogens with one attached hydrogen (secondary N) is 1. The summed E-state index contributed by atoms with van der Waals surface area (Å²) >= 11 is 6.33. The van der Waals surface area contributed by atoms with Gasteiger partial charge < -0.3 is 14.4 Å². The van der Waals surface area contributed by atoms with E-state index in [1.807, 2.05) is 30.3 Å². The summed E-state index contributed by atoms with van der Waals surface area (Å²) in [5, 5.41) is 8.07. The van der Waals surface area contributed by atoms with Gasteiger partial charge in [0.1, 0.15) is 11.5 Å². The molecule has 0 aromatic heterocycles. The first kappa shape index (κ1) is 17.8. The SMILES string of the molecule is COc1cccc(C2=NN3[C@@H](C2)c2cc(Cl)ccc2OC32CC[NH+](C)CC2)c1. The van der Waals surface area contributed by atoms with Crippen LogP contribution in [0.5, 0.6) is 11.5 Å². The van der Waals surface area contributed by atoms with E-state index >= 15 is 0 Å². The fraction of sp³-hybridized carbons (Fsp3) is 0.409. The van der Waals surface area contributed by atoms with Crippen LogP contribution in [0.1, 0.15) is 36.4 Å². The van der Waals surface area contributed by atoms with Crippen LogP contribution < -0.4 is 14.4 Å². The van der Waals surface area contributed by atoms with Gasteiger partial charge in [-0.15, -0.1) is 0 Å². The van der Waals surface area contributed by atoms with Gasteiger partial charge in [0.05, 0.1) is 51.8 Å². The molecule has 3 aliphatic heterocycles. The van der Waals surface area contributed by atoms with Crippen molar-refractivity contribution in [1.82, 2.24) is 5.01 Å². The highest BCUT2D eigenvalue weighted by atomic mass is 35.5. The number of methoxy groups -OCH3 is 1. The first-order valence-corrected chi connectivity index (χ1v) is 10.3. The molecule has 1 fully saturated rings. The number of hydrazone groups is 1. The van der Waals surface area contributed by atoms with Gasteiger partial charge in [-0.05, 0) is 30.3 Å². The third kappa shape index (κ3) is 2.85. The van der Waals surface area contributed by atoms with Gasteiger partial charge in [-0.1, -0.05) is 23.7 Å². The van der Waals surface area contributed by atoms with Crippen LogP contribution in [-0.4, -0.2) is 43.7 Å². The van der Waals surface area contributed by atoms with Crippen molar-refractivity contribution in [3.63, 3.8) is 0 Å². The highest BCUT2D eigenvalue weighted by molar-refractivity contribution is 6.30. The third-order valence-electron chi connectivity index (χ3n) is 6.25. The molecule has 28 heavy (non-hydrogen) atoms. The van der Waals surface area contributed by atoms with E-state index in [0.29, 0.717) is 0 Å². The Morgan fingerprint density at radius 1 is 1.21 bits per heavy atom. The van der Waals surface area contributed by atoms with E-state index in [0.717, 1.165) is 65.7 Å². The third-order valence-corrected chi connectivity index (χ3v) is 6.48. The van der Waals surface area contributed by atoms with E-state index < -0.39 is 0 Å². The number of benzene rings is 2. The summed E-state index contributed by atoms with van der Waals surface area (Å²) in [4.78, 5) is 1.55. The van der Waals surface area contributed by atoms with Gasteiger partial charge in [-0.3, -0.25) is 0 Å². The molecule has 146 valence electrons. The first-order chi connectivity index (χ1) is 13.6. The Hall–Kier alpha value is -2.24. The highest BCUT2D eigenvalue weighted by Gasteiger charge is 2.52. The quantitative estimate of drug-likeness (QED) is 0.845. The molecule has 3 heterocycles. The number of quaternary nitrogens is 1. The molecule has 0 aliphatic carbocycles. The molecule has 1 saturated heterocycles. The van der Waals surface area contributed by atoms with Crippen molar-refractivity contribution in [2.24, 2.45) is 5.10 Å². The number of ether oxygens (including phenoxy) is 2. The molecule has 0 amide bonds. The molecule has 2 aromatic carbocycles. The zero-order valence-corrected chi connectivity index (χ0v) is 17.0. The zero-order valence-electron chi connectivity index (χ0n) is 16.2. The van der Waals surface area contributed by atoms with Crippen molar-refractivity contribution in [2.75, 3.05) is 27.2 Å². The second-order valence-corrected chi connectivity index (χ2v) is 8.47. The van der Waals surface area contributed by atoms with E-state index in [-0.39, 0.29) is 11.8 Å². The van der Waals surface area contributed by atoms with Crippen LogP contribution in [0.25, 0.3) is 0 Å². The lowest BCUT2D eigenvalue weighted by molar-refractivity contribution is -0.888. The van der Waals surface area contributed by atoms with Crippen LogP contribution in [0.3, 0.4) is 0 Å². The predicted octanol–water partition coefficient (Wildman–Crippen LogP) is 2.90. The number of likely N-dealkylation sites (tertiary alicyclic amines) is 1. The smallest absolute Gasteiger partial charge is 0.208 e. The standard InChI is InChI=1S/C22H24ClN3O2/c1-25-10-8-22(9-11-25)26-20(18-13-16(23)6-7-21(18)28-22)14-19(24-26)15-4-3-5-17(12-15)27-2/h3-7,12-13,20H,8-11,14H2,1-2H3/p+1/t20-/m0/s1. The molecule has 1 N–H and O–H groups in total. The van der Waals surface area contributed by atoms with Crippen LogP contribution in [0.4, 0.5) is 0 Å². The molecule has 1 spiro atoms. The summed E-state index contributed by atoms with van der Waals surface area (Å²) in [6, 6.07) is 14.3. The minimum absolute atomic E-state index is 0.155. The van der Waals surface area contributed by atoms with Gasteiger partial charge in [0.15, 0.2) is 0 Å². The lowest BCUT2D eigenvalue weighted by Crippen LogP contribution is -3.11. The monoisotopic (exact) mass is 398 g/mol. The first-order valence-electron chi connectivity index (χ1n) is 9.89. The Kier molecular flexibility index (Phi) is 4.25. The van der Waals surface area contributed by atoms with E-state index in [2.05, 4.69) is 24.2 Å². The highest BCUT2D eigenvalue weighted by Crippen LogP contribution is 2.49. The van der Waals surface area contributed by atoms with Gasteiger partial charge in [-0.25, -0.2) is 5.01 Å². The minimum Gasteiger partial charge on any atom is -0.497 e. The summed E-state index contributed by atoms with van der Waals surface area (Å²) in [6.07, 6.45) is 2.77. The number of fused-ring (bicyclic) bond motifs is 4. The lowest BCUT2D eigenvalue weighted by Gasteiger charge is -2.49. The molecule has 0 saturated carbocycles. The maximum absolute atomic E-state index is 6.63. The van der Waals surface area contributed by atoms with Crippen molar-refractivity contribution in [3.05, 3.63) is 58.6 Å². The van der Waals surface area contributed by atoms with E-state index in [1.54, 1.807) is 12.0 Å². The average Bonchev–Trinajstić information content (AvgIpc) is 3.18. The van der Waals surface area contributed by atoms with Crippen molar-refractivity contribution >= 4 is 17.3 Å². The van der Waals surface area contributed by atoms with E-state index in [4.69, 9.17) is 26.2 Å². The van der Waals surface area contributed by atoms with E-state index in [1.165, 1.54) is 0 Å². The van der Waals surface area contributed by atoms with E-state index in [9.17, 15) is 0 Å². The number of rotatable bonds is 2. The normalized spacial score (nSPS) is 28.4. The van der Waals surface area contributed by atoms with Gasteiger partial charge in [-0.2, -0.15) is 5.10 Å². The summed E-state index contributed by atoms with van der Waals surface area (Å²) in [6.45, 7) is 2.16. The largest absolute Gasteiger partial charge is 0.497 e. The second kappa shape index (κ2) is 6.68. The topological polar surface area (TPSA) is 38.5 Å². The molecule has 3 aliphatic rings. The minimum atomic E-state index is -0.369. The summed E-state index contributed by atoms with van der Waals surface area (Å²) < 4.78 is 12.0. The molecule has 0 bridgehead atoms. The van der Waals surface area contributed by atoms with Crippen LogP contribution >= 0.6 is 11.6 Å². The summed E-state index contributed by atoms with van der Waals surface area (Å²) in [5.41, 5.74) is 2.94. The van der Waals surface area contributed by atoms with Crippen molar-refractivity contribution in [2.45, 2.75) is 31.0 Å². The zero-order chi connectivity index (χ0) is 19.3. The van der Waals surface area contributed by atoms with Crippen LogP contribution in [0.15, 0.2) is 47.6 Å². The Balaban J connectivity index is 1.58. The fourth-order valence-electron chi connectivity index (χ4n) is 4.63. The molecular formula is C22H25ClN3O2+. The maximum Gasteiger partial charge on any atom is 0.208 e. The molecule has 2 aromatic rings. The number of hydrogen-bond acceptors (Lipinski definition) is 4. The number of hydrogen-bond donors (Lipinski definition) is 1. The molecular weight excluding hydrogens is 374 g/mol. The second-order valence-electron chi connectivity index (χ2n) is 8.03. The maximum atomic E-state index is 6.63. The molecule has 6 heteroatoms. The summed E-state index contributed by atoms with van der Waals surface area (Å²) in [5.74, 6) is 1.80. The van der Waals surface area contributed by atoms with Crippen LogP contribution in [-0.2, 0) is 0 Å². The lowest BCUT2D eigenvalue weighted by atomic mass is 9.91. The van der Waals surface area contributed by atoms with Gasteiger partial charge in [0, 0.05) is 22.6 Å². The Labute approximate surface area is 170 Å². The number of piperidine rings is 1. The van der Waals surface area contributed by atoms with Crippen molar-refractivity contribution in [1.29, 1.82) is 0 Å². The van der Waals surface area contributed by atoms with Gasteiger partial charge >= 0.3 is 0 Å². The molecule has 0 radical (unpaired) electrons. The fourth-order valence-corrected chi connectivity index (χ4v) is 4.81. The average molecular weight is 399 g/mol. The predicted molar refractivity (Wildman–Crippen MR) is 109 cm³/mol. The number of halogens is 1.